The molecular formula is C24H26ClN3O. The van der Waals surface area contributed by atoms with Crippen LogP contribution in [0.4, 0.5) is 0 Å². The highest BCUT2D eigenvalue weighted by Crippen LogP contribution is 2.29. The number of hydrazone groups is 1. The van der Waals surface area contributed by atoms with Gasteiger partial charge in [-0.05, 0) is 43.9 Å². The molecule has 2 aromatic carbocycles. The number of nitrogens with zero attached hydrogens (tertiary/aromatic N) is 2. The largest absolute Gasteiger partial charge is 0.272 e. The summed E-state index contributed by atoms with van der Waals surface area (Å²) < 4.78 is 0. The Kier molecular flexibility index (Phi) is 6.99. The predicted octanol–water partition coefficient (Wildman–Crippen LogP) is 6.41. The van der Waals surface area contributed by atoms with E-state index in [1.54, 1.807) is 6.07 Å². The molecule has 1 heterocycles. The molecule has 29 heavy (non-hydrogen) atoms. The van der Waals surface area contributed by atoms with Crippen LogP contribution in [0.5, 0.6) is 0 Å². The Hall–Kier alpha value is -2.72. The van der Waals surface area contributed by atoms with Gasteiger partial charge in [0.1, 0.15) is 0 Å². The molecule has 0 unspecified atom stereocenters. The second-order valence-electron chi connectivity index (χ2n) is 7.13. The molecular weight excluding hydrogens is 382 g/mol. The number of hydrogen-bond acceptors (Lipinski definition) is 3. The Morgan fingerprint density at radius 3 is 2.59 bits per heavy atom. The zero-order chi connectivity index (χ0) is 20.8. The summed E-state index contributed by atoms with van der Waals surface area (Å²) in [5.41, 5.74) is 7.64. The minimum atomic E-state index is -0.262. The van der Waals surface area contributed by atoms with Crippen molar-refractivity contribution < 1.29 is 4.79 Å². The van der Waals surface area contributed by atoms with E-state index in [-0.39, 0.29) is 5.91 Å². The first-order valence-corrected chi connectivity index (χ1v) is 10.4. The van der Waals surface area contributed by atoms with Gasteiger partial charge in [0.15, 0.2) is 0 Å². The van der Waals surface area contributed by atoms with Crippen LogP contribution in [0, 0.1) is 0 Å². The lowest BCUT2D eigenvalue weighted by Crippen LogP contribution is -2.19. The molecule has 0 saturated heterocycles. The fourth-order valence-corrected chi connectivity index (χ4v) is 3.37. The van der Waals surface area contributed by atoms with Crippen molar-refractivity contribution in [3.63, 3.8) is 0 Å². The molecule has 0 fully saturated rings. The normalized spacial score (nSPS) is 11.7. The van der Waals surface area contributed by atoms with Gasteiger partial charge in [-0.2, -0.15) is 5.10 Å². The minimum Gasteiger partial charge on any atom is -0.267 e. The monoisotopic (exact) mass is 407 g/mol. The molecule has 3 rings (SSSR count). The number of hydrogen-bond donors (Lipinski definition) is 1. The molecule has 0 saturated carbocycles. The van der Waals surface area contributed by atoms with Gasteiger partial charge >= 0.3 is 0 Å². The number of rotatable bonds is 7. The summed E-state index contributed by atoms with van der Waals surface area (Å²) in [7, 11) is 0. The second kappa shape index (κ2) is 9.66. The number of amides is 1. The number of benzene rings is 2. The van der Waals surface area contributed by atoms with Crippen LogP contribution in [0.25, 0.3) is 22.2 Å². The Morgan fingerprint density at radius 1 is 1.14 bits per heavy atom. The van der Waals surface area contributed by atoms with Crippen LogP contribution in [0.1, 0.15) is 56.0 Å². The number of nitrogens with one attached hydrogen (secondary N) is 1. The summed E-state index contributed by atoms with van der Waals surface area (Å²) in [5.74, 6) is -0.262. The summed E-state index contributed by atoms with van der Waals surface area (Å²) in [4.78, 5) is 17.7. The maximum atomic E-state index is 12.9. The molecule has 150 valence electrons. The summed E-state index contributed by atoms with van der Waals surface area (Å²) >= 11 is 6.40. The van der Waals surface area contributed by atoms with E-state index in [1.807, 2.05) is 37.3 Å². The molecule has 0 aliphatic heterocycles. The van der Waals surface area contributed by atoms with Gasteiger partial charge in [0.05, 0.1) is 21.8 Å². The third kappa shape index (κ3) is 5.01. The zero-order valence-electron chi connectivity index (χ0n) is 17.1. The Balaban J connectivity index is 2.02. The number of pyridine rings is 1. The molecule has 1 amide bonds. The van der Waals surface area contributed by atoms with E-state index in [4.69, 9.17) is 16.6 Å². The van der Waals surface area contributed by atoms with Gasteiger partial charge in [-0.1, -0.05) is 68.3 Å². The van der Waals surface area contributed by atoms with Crippen molar-refractivity contribution in [2.24, 2.45) is 5.10 Å². The van der Waals surface area contributed by atoms with E-state index < -0.39 is 0 Å². The van der Waals surface area contributed by atoms with Gasteiger partial charge in [-0.25, -0.2) is 10.4 Å². The number of unbranched alkanes of at least 4 members (excludes halogenated alkanes) is 1. The topological polar surface area (TPSA) is 54.4 Å². The van der Waals surface area contributed by atoms with E-state index in [1.165, 1.54) is 5.56 Å². The highest BCUT2D eigenvalue weighted by molar-refractivity contribution is 6.35. The Morgan fingerprint density at radius 2 is 1.90 bits per heavy atom. The number of aromatic nitrogens is 1. The minimum absolute atomic E-state index is 0.262. The zero-order valence-corrected chi connectivity index (χ0v) is 17.9. The van der Waals surface area contributed by atoms with Crippen molar-refractivity contribution >= 4 is 34.1 Å². The third-order valence-corrected chi connectivity index (χ3v) is 5.24. The molecule has 0 aliphatic carbocycles. The molecule has 5 heteroatoms. The van der Waals surface area contributed by atoms with Gasteiger partial charge in [-0.15, -0.1) is 0 Å². The molecule has 3 aromatic rings. The smallest absolute Gasteiger partial charge is 0.267 e. The van der Waals surface area contributed by atoms with Gasteiger partial charge in [0.25, 0.3) is 5.91 Å². The first kappa shape index (κ1) is 21.0. The maximum Gasteiger partial charge on any atom is 0.272 e. The van der Waals surface area contributed by atoms with E-state index in [0.29, 0.717) is 27.2 Å². The van der Waals surface area contributed by atoms with Crippen molar-refractivity contribution in [1.82, 2.24) is 10.4 Å². The fraction of sp³-hybridized carbons (Fsp3) is 0.292. The SMILES string of the molecule is CCCC/C(C)=N/NC(=O)c1cc(-c2ccc(CC)cc2)nc2c(Cl)cccc12. The van der Waals surface area contributed by atoms with Crippen molar-refractivity contribution in [2.75, 3.05) is 0 Å². The summed E-state index contributed by atoms with van der Waals surface area (Å²) in [6.45, 7) is 6.18. The number of aryl methyl sites for hydroxylation is 1. The number of para-hydroxylation sites is 1. The van der Waals surface area contributed by atoms with E-state index in [0.717, 1.165) is 37.0 Å². The van der Waals surface area contributed by atoms with Crippen molar-refractivity contribution in [3.8, 4) is 11.3 Å². The molecule has 0 aliphatic rings. The molecule has 1 aromatic heterocycles. The third-order valence-electron chi connectivity index (χ3n) is 4.93. The molecule has 1 N–H and O–H groups in total. The lowest BCUT2D eigenvalue weighted by molar-refractivity contribution is 0.0956. The van der Waals surface area contributed by atoms with Crippen LogP contribution in [0.2, 0.25) is 5.02 Å². The lowest BCUT2D eigenvalue weighted by Gasteiger charge is -2.11. The average molecular weight is 408 g/mol. The van der Waals surface area contributed by atoms with Gasteiger partial charge in [0, 0.05) is 16.7 Å². The van der Waals surface area contributed by atoms with Crippen molar-refractivity contribution in [3.05, 3.63) is 64.7 Å². The summed E-state index contributed by atoms with van der Waals surface area (Å²) in [6.07, 6.45) is 3.99. The predicted molar refractivity (Wildman–Crippen MR) is 122 cm³/mol. The van der Waals surface area contributed by atoms with E-state index in [9.17, 15) is 4.79 Å². The van der Waals surface area contributed by atoms with Crippen molar-refractivity contribution in [1.29, 1.82) is 0 Å². The first-order chi connectivity index (χ1) is 14.0. The van der Waals surface area contributed by atoms with E-state index in [2.05, 4.69) is 36.5 Å². The van der Waals surface area contributed by atoms with Gasteiger partial charge in [-0.3, -0.25) is 4.79 Å². The van der Waals surface area contributed by atoms with Crippen LogP contribution >= 0.6 is 11.6 Å². The molecule has 0 radical (unpaired) electrons. The molecule has 4 nitrogen and oxygen atoms in total. The molecule has 0 bridgehead atoms. The highest BCUT2D eigenvalue weighted by atomic mass is 35.5. The summed E-state index contributed by atoms with van der Waals surface area (Å²) in [5, 5.41) is 5.49. The summed E-state index contributed by atoms with van der Waals surface area (Å²) in [6, 6.07) is 15.5. The standard InChI is InChI=1S/C24H26ClN3O/c1-4-6-8-16(3)27-28-24(29)20-15-22(18-13-11-17(5-2)12-14-18)26-23-19(20)9-7-10-21(23)25/h7,9-15H,4-6,8H2,1-3H3,(H,28,29)/b27-16+. The van der Waals surface area contributed by atoms with Gasteiger partial charge in [0.2, 0.25) is 0 Å². The first-order valence-electron chi connectivity index (χ1n) is 10.1. The maximum absolute atomic E-state index is 12.9. The van der Waals surface area contributed by atoms with Crippen LogP contribution < -0.4 is 5.43 Å². The van der Waals surface area contributed by atoms with Crippen LogP contribution in [0.15, 0.2) is 53.6 Å². The molecule has 0 spiro atoms. The Bertz CT molecular complexity index is 1040. The quantitative estimate of drug-likeness (QED) is 0.363. The fourth-order valence-electron chi connectivity index (χ4n) is 3.16. The number of fused-ring (bicyclic) bond motifs is 1. The van der Waals surface area contributed by atoms with Crippen LogP contribution in [-0.2, 0) is 6.42 Å². The number of halogens is 1. The number of carbonyl (C=O) groups excluding carboxylic acids is 1. The van der Waals surface area contributed by atoms with Crippen LogP contribution in [-0.4, -0.2) is 16.6 Å². The van der Waals surface area contributed by atoms with Crippen LogP contribution in [0.3, 0.4) is 0 Å². The van der Waals surface area contributed by atoms with Crippen molar-refractivity contribution in [2.45, 2.75) is 46.5 Å². The number of carbonyl (C=O) groups is 1. The lowest BCUT2D eigenvalue weighted by atomic mass is 10.0. The molecule has 0 atom stereocenters. The Labute approximate surface area is 177 Å². The second-order valence-corrected chi connectivity index (χ2v) is 7.54. The highest BCUT2D eigenvalue weighted by Gasteiger charge is 2.15. The van der Waals surface area contributed by atoms with E-state index >= 15 is 0 Å². The average Bonchev–Trinajstić information content (AvgIpc) is 2.75. The van der Waals surface area contributed by atoms with Gasteiger partial charge < -0.3 is 0 Å².